The fraction of sp³-hybridized carbons (Fsp3) is 0.538. The molecule has 2 aromatic heterocycles. The van der Waals surface area contributed by atoms with E-state index < -0.39 is 0 Å². The van der Waals surface area contributed by atoms with Crippen molar-refractivity contribution < 1.29 is 0 Å². The number of rotatable bonds is 6. The second-order valence-electron chi connectivity index (χ2n) is 4.47. The van der Waals surface area contributed by atoms with Gasteiger partial charge in [-0.05, 0) is 20.9 Å². The molecule has 2 rings (SSSR count). The van der Waals surface area contributed by atoms with Crippen LogP contribution < -0.4 is 0 Å². The van der Waals surface area contributed by atoms with Crippen LogP contribution in [0.4, 0.5) is 0 Å². The van der Waals surface area contributed by atoms with Crippen LogP contribution in [-0.4, -0.2) is 31.0 Å². The Labute approximate surface area is 108 Å². The minimum Gasteiger partial charge on any atom is -0.334 e. The van der Waals surface area contributed by atoms with Crippen LogP contribution >= 0.6 is 0 Å². The van der Waals surface area contributed by atoms with E-state index in [2.05, 4.69) is 44.9 Å². The maximum atomic E-state index is 4.40. The highest BCUT2D eigenvalue weighted by atomic mass is 15.2. The zero-order valence-electron chi connectivity index (χ0n) is 11.4. The summed E-state index contributed by atoms with van der Waals surface area (Å²) in [6.07, 6.45) is 7.71. The average molecular weight is 247 g/mol. The number of imidazole rings is 2. The van der Waals surface area contributed by atoms with Crippen LogP contribution in [0.25, 0.3) is 0 Å². The molecule has 0 aromatic carbocycles. The maximum Gasteiger partial charge on any atom is 0.122 e. The van der Waals surface area contributed by atoms with Crippen molar-refractivity contribution in [1.82, 2.24) is 24.0 Å². The molecule has 0 N–H and O–H groups in total. The molecule has 5 nitrogen and oxygen atoms in total. The van der Waals surface area contributed by atoms with Crippen LogP contribution in [0.2, 0.25) is 0 Å². The number of nitrogens with zero attached hydrogens (tertiary/aromatic N) is 5. The summed E-state index contributed by atoms with van der Waals surface area (Å²) in [5.41, 5.74) is 1.25. The van der Waals surface area contributed by atoms with E-state index in [9.17, 15) is 0 Å². The monoisotopic (exact) mass is 247 g/mol. The van der Waals surface area contributed by atoms with Crippen LogP contribution in [-0.2, 0) is 26.2 Å². The molecule has 2 aromatic rings. The van der Waals surface area contributed by atoms with E-state index in [1.54, 1.807) is 0 Å². The molecule has 0 atom stereocenters. The number of aryl methyl sites for hydroxylation is 2. The van der Waals surface area contributed by atoms with Gasteiger partial charge in [-0.25, -0.2) is 9.97 Å². The molecule has 0 saturated carbocycles. The first-order chi connectivity index (χ1) is 8.74. The molecule has 0 saturated heterocycles. The molecule has 0 amide bonds. The summed E-state index contributed by atoms with van der Waals surface area (Å²) >= 11 is 0. The topological polar surface area (TPSA) is 38.9 Å². The maximum absolute atomic E-state index is 4.40. The normalized spacial score (nSPS) is 11.3. The third kappa shape index (κ3) is 2.79. The van der Waals surface area contributed by atoms with Gasteiger partial charge in [-0.2, -0.15) is 0 Å². The Hall–Kier alpha value is -1.62. The highest BCUT2D eigenvalue weighted by molar-refractivity contribution is 4.99. The van der Waals surface area contributed by atoms with Crippen LogP contribution in [0.3, 0.4) is 0 Å². The largest absolute Gasteiger partial charge is 0.334 e. The van der Waals surface area contributed by atoms with Crippen LogP contribution in [0.1, 0.15) is 25.4 Å². The lowest BCUT2D eigenvalue weighted by Gasteiger charge is -2.17. The van der Waals surface area contributed by atoms with E-state index in [0.717, 1.165) is 32.0 Å². The minimum absolute atomic E-state index is 0.857. The molecule has 0 bridgehead atoms. The molecular formula is C13H21N5. The quantitative estimate of drug-likeness (QED) is 0.780. The molecule has 2 heterocycles. The summed E-state index contributed by atoms with van der Waals surface area (Å²) in [7, 11) is 2.11. The second kappa shape index (κ2) is 5.82. The van der Waals surface area contributed by atoms with Crippen molar-refractivity contribution in [3.63, 3.8) is 0 Å². The molecule has 0 unspecified atom stereocenters. The Balaban J connectivity index is 1.98. The van der Waals surface area contributed by atoms with Gasteiger partial charge in [-0.3, -0.25) is 4.90 Å². The second-order valence-corrected chi connectivity index (χ2v) is 4.47. The average Bonchev–Trinajstić information content (AvgIpc) is 2.97. The van der Waals surface area contributed by atoms with Gasteiger partial charge >= 0.3 is 0 Å². The molecule has 0 fully saturated rings. The van der Waals surface area contributed by atoms with E-state index in [0.29, 0.717) is 0 Å². The molecular weight excluding hydrogens is 226 g/mol. The summed E-state index contributed by atoms with van der Waals surface area (Å²) in [5.74, 6) is 1.11. The number of hydrogen-bond donors (Lipinski definition) is 0. The summed E-state index contributed by atoms with van der Waals surface area (Å²) < 4.78 is 4.34. The first kappa shape index (κ1) is 12.8. The molecule has 0 aliphatic carbocycles. The van der Waals surface area contributed by atoms with E-state index in [4.69, 9.17) is 0 Å². The van der Waals surface area contributed by atoms with Crippen molar-refractivity contribution in [2.24, 2.45) is 0 Å². The van der Waals surface area contributed by atoms with Gasteiger partial charge in [0.2, 0.25) is 0 Å². The molecule has 0 aliphatic rings. The van der Waals surface area contributed by atoms with Gasteiger partial charge in [0.15, 0.2) is 0 Å². The van der Waals surface area contributed by atoms with Gasteiger partial charge in [-0.1, -0.05) is 0 Å². The Morgan fingerprint density at radius 2 is 1.94 bits per heavy atom. The standard InChI is InChI=1S/C13H21N5/c1-4-17-7-6-15-13(17)10-16(3)9-12-8-14-11-18(12)5-2/h6-8,11H,4-5,9-10H2,1-3H3. The summed E-state index contributed by atoms with van der Waals surface area (Å²) in [6, 6.07) is 0. The van der Waals surface area contributed by atoms with Gasteiger partial charge in [0, 0.05) is 38.2 Å². The van der Waals surface area contributed by atoms with Gasteiger partial charge < -0.3 is 9.13 Å². The smallest absolute Gasteiger partial charge is 0.122 e. The fourth-order valence-electron chi connectivity index (χ4n) is 2.12. The van der Waals surface area contributed by atoms with E-state index in [1.165, 1.54) is 5.69 Å². The summed E-state index contributed by atoms with van der Waals surface area (Å²) in [4.78, 5) is 10.9. The lowest BCUT2D eigenvalue weighted by atomic mass is 10.4. The minimum atomic E-state index is 0.857. The summed E-state index contributed by atoms with van der Waals surface area (Å²) in [6.45, 7) is 7.95. The van der Waals surface area contributed by atoms with Gasteiger partial charge in [0.1, 0.15) is 5.82 Å². The molecule has 18 heavy (non-hydrogen) atoms. The highest BCUT2D eigenvalue weighted by Crippen LogP contribution is 2.07. The third-order valence-electron chi connectivity index (χ3n) is 3.12. The Kier molecular flexibility index (Phi) is 4.15. The molecule has 0 spiro atoms. The Morgan fingerprint density at radius 3 is 2.67 bits per heavy atom. The Bertz CT molecular complexity index is 441. The van der Waals surface area contributed by atoms with Gasteiger partial charge in [0.25, 0.3) is 0 Å². The van der Waals surface area contributed by atoms with Crippen molar-refractivity contribution in [3.8, 4) is 0 Å². The van der Waals surface area contributed by atoms with Crippen molar-refractivity contribution in [1.29, 1.82) is 0 Å². The van der Waals surface area contributed by atoms with Crippen molar-refractivity contribution >= 4 is 0 Å². The van der Waals surface area contributed by atoms with E-state index in [-0.39, 0.29) is 0 Å². The van der Waals surface area contributed by atoms with Crippen LogP contribution in [0.5, 0.6) is 0 Å². The fourth-order valence-corrected chi connectivity index (χ4v) is 2.12. The van der Waals surface area contributed by atoms with Gasteiger partial charge in [0.05, 0.1) is 18.6 Å². The predicted molar refractivity (Wildman–Crippen MR) is 71.0 cm³/mol. The molecule has 5 heteroatoms. The van der Waals surface area contributed by atoms with Crippen molar-refractivity contribution in [3.05, 3.63) is 36.4 Å². The number of aromatic nitrogens is 4. The third-order valence-corrected chi connectivity index (χ3v) is 3.12. The zero-order chi connectivity index (χ0) is 13.0. The van der Waals surface area contributed by atoms with Crippen molar-refractivity contribution in [2.45, 2.75) is 40.0 Å². The van der Waals surface area contributed by atoms with E-state index >= 15 is 0 Å². The zero-order valence-corrected chi connectivity index (χ0v) is 11.4. The van der Waals surface area contributed by atoms with Gasteiger partial charge in [-0.15, -0.1) is 0 Å². The lowest BCUT2D eigenvalue weighted by Crippen LogP contribution is -2.21. The van der Waals surface area contributed by atoms with Crippen molar-refractivity contribution in [2.75, 3.05) is 7.05 Å². The number of hydrogen-bond acceptors (Lipinski definition) is 3. The highest BCUT2D eigenvalue weighted by Gasteiger charge is 2.08. The van der Waals surface area contributed by atoms with E-state index in [1.807, 2.05) is 24.9 Å². The first-order valence-corrected chi connectivity index (χ1v) is 6.42. The summed E-state index contributed by atoms with van der Waals surface area (Å²) in [5, 5.41) is 0. The molecule has 0 aliphatic heterocycles. The van der Waals surface area contributed by atoms with Crippen LogP contribution in [0, 0.1) is 0 Å². The first-order valence-electron chi connectivity index (χ1n) is 6.42. The lowest BCUT2D eigenvalue weighted by molar-refractivity contribution is 0.297. The van der Waals surface area contributed by atoms with Crippen LogP contribution in [0.15, 0.2) is 24.9 Å². The molecule has 0 radical (unpaired) electrons. The SMILES string of the molecule is CCn1cncc1CN(C)Cc1nccn1CC. The predicted octanol–water partition coefficient (Wildman–Crippen LogP) is 1.75. The Morgan fingerprint density at radius 1 is 1.17 bits per heavy atom. The molecule has 98 valence electrons.